The van der Waals surface area contributed by atoms with E-state index < -0.39 is 44.4 Å². The first kappa shape index (κ1) is 26.5. The number of sulfone groups is 1. The summed E-state index contributed by atoms with van der Waals surface area (Å²) in [7, 11) is -4.25. The SMILES string of the molecule is O=S(=O)(c1ccc(N2CCN(CC(F)(F)F)CC2)cc1C(F)(F)F)C1CCC(OC2CCCC2)C1. The van der Waals surface area contributed by atoms with E-state index in [9.17, 15) is 34.8 Å². The fourth-order valence-corrected chi connectivity index (χ4v) is 7.40. The van der Waals surface area contributed by atoms with Crippen molar-refractivity contribution in [2.75, 3.05) is 37.6 Å². The molecule has 1 aliphatic heterocycles. The van der Waals surface area contributed by atoms with E-state index in [1.54, 1.807) is 4.90 Å². The van der Waals surface area contributed by atoms with E-state index in [-0.39, 0.29) is 56.9 Å². The molecular formula is C23H30F6N2O3S. The molecule has 3 fully saturated rings. The van der Waals surface area contributed by atoms with Crippen LogP contribution in [0.3, 0.4) is 0 Å². The first-order chi connectivity index (χ1) is 16.3. The van der Waals surface area contributed by atoms with Gasteiger partial charge in [0.2, 0.25) is 0 Å². The number of halogens is 6. The van der Waals surface area contributed by atoms with Crippen molar-refractivity contribution < 1.29 is 39.5 Å². The molecule has 1 aromatic carbocycles. The molecule has 0 spiro atoms. The number of alkyl halides is 6. The largest absolute Gasteiger partial charge is 0.417 e. The Kier molecular flexibility index (Phi) is 7.64. The monoisotopic (exact) mass is 528 g/mol. The summed E-state index contributed by atoms with van der Waals surface area (Å²) in [5.41, 5.74) is -1.08. The molecule has 0 radical (unpaired) electrons. The predicted octanol–water partition coefficient (Wildman–Crippen LogP) is 5.04. The quantitative estimate of drug-likeness (QED) is 0.484. The zero-order valence-electron chi connectivity index (χ0n) is 19.2. The van der Waals surface area contributed by atoms with Crippen LogP contribution in [-0.2, 0) is 20.8 Å². The highest BCUT2D eigenvalue weighted by Gasteiger charge is 2.43. The number of hydrogen-bond acceptors (Lipinski definition) is 5. The molecule has 2 atom stereocenters. The van der Waals surface area contributed by atoms with Crippen molar-refractivity contribution in [3.05, 3.63) is 23.8 Å². The average Bonchev–Trinajstić information content (AvgIpc) is 3.45. The van der Waals surface area contributed by atoms with Gasteiger partial charge in [-0.1, -0.05) is 12.8 Å². The van der Waals surface area contributed by atoms with Gasteiger partial charge in [-0.25, -0.2) is 8.42 Å². The molecule has 35 heavy (non-hydrogen) atoms. The molecule has 2 unspecified atom stereocenters. The maximum atomic E-state index is 14.0. The van der Waals surface area contributed by atoms with Crippen LogP contribution in [0.25, 0.3) is 0 Å². The highest BCUT2D eigenvalue weighted by Crippen LogP contribution is 2.41. The average molecular weight is 529 g/mol. The van der Waals surface area contributed by atoms with Gasteiger partial charge in [-0.2, -0.15) is 26.3 Å². The molecule has 1 saturated heterocycles. The highest BCUT2D eigenvalue weighted by atomic mass is 32.2. The molecule has 0 amide bonds. The number of nitrogens with zero attached hydrogens (tertiary/aromatic N) is 2. The van der Waals surface area contributed by atoms with Crippen LogP contribution in [0.4, 0.5) is 32.0 Å². The third-order valence-electron chi connectivity index (χ3n) is 7.18. The second kappa shape index (κ2) is 10.1. The van der Waals surface area contributed by atoms with Gasteiger partial charge < -0.3 is 9.64 Å². The number of anilines is 1. The van der Waals surface area contributed by atoms with E-state index >= 15 is 0 Å². The Morgan fingerprint density at radius 2 is 1.54 bits per heavy atom. The molecule has 0 aromatic heterocycles. The second-order valence-electron chi connectivity index (χ2n) is 9.70. The van der Waals surface area contributed by atoms with Crippen molar-refractivity contribution in [2.24, 2.45) is 0 Å². The Bertz CT molecular complexity index is 984. The third kappa shape index (κ3) is 6.43. The fraction of sp³-hybridized carbons (Fsp3) is 0.739. The number of ether oxygens (including phenoxy) is 1. The molecule has 1 heterocycles. The van der Waals surface area contributed by atoms with Crippen LogP contribution in [0, 0.1) is 0 Å². The van der Waals surface area contributed by atoms with Crippen LogP contribution in [0.2, 0.25) is 0 Å². The van der Waals surface area contributed by atoms with Crippen LogP contribution in [-0.4, -0.2) is 69.7 Å². The summed E-state index contributed by atoms with van der Waals surface area (Å²) < 4.78 is 112. The van der Waals surface area contributed by atoms with Gasteiger partial charge in [0.15, 0.2) is 9.84 Å². The van der Waals surface area contributed by atoms with Crippen molar-refractivity contribution in [3.8, 4) is 0 Å². The predicted molar refractivity (Wildman–Crippen MR) is 118 cm³/mol. The van der Waals surface area contributed by atoms with Gasteiger partial charge in [-0.15, -0.1) is 0 Å². The molecule has 4 rings (SSSR count). The fourth-order valence-electron chi connectivity index (χ4n) is 5.38. The normalized spacial score (nSPS) is 25.5. The Balaban J connectivity index is 1.49. The Morgan fingerprint density at radius 3 is 2.14 bits per heavy atom. The molecule has 2 aliphatic carbocycles. The summed E-state index contributed by atoms with van der Waals surface area (Å²) in [4.78, 5) is 2.01. The van der Waals surface area contributed by atoms with Gasteiger partial charge in [0, 0.05) is 31.9 Å². The molecule has 5 nitrogen and oxygen atoms in total. The summed E-state index contributed by atoms with van der Waals surface area (Å²) in [6, 6.07) is 3.14. The van der Waals surface area contributed by atoms with Crippen LogP contribution >= 0.6 is 0 Å². The topological polar surface area (TPSA) is 49.9 Å². The van der Waals surface area contributed by atoms with E-state index in [4.69, 9.17) is 4.74 Å². The maximum Gasteiger partial charge on any atom is 0.417 e. The first-order valence-electron chi connectivity index (χ1n) is 12.0. The van der Waals surface area contributed by atoms with Gasteiger partial charge in [-0.05, 0) is 50.3 Å². The zero-order chi connectivity index (χ0) is 25.4. The Hall–Kier alpha value is -1.53. The third-order valence-corrected chi connectivity index (χ3v) is 9.45. The Labute approximate surface area is 201 Å². The lowest BCUT2D eigenvalue weighted by atomic mass is 10.1. The standard InChI is InChI=1S/C23H30F6N2O3S/c24-22(25,26)15-30-9-11-31(12-10-30)16-5-8-21(20(13-16)23(27,28)29)35(32,33)19-7-6-18(14-19)34-17-3-1-2-4-17/h5,8,13,17-19H,1-4,6-7,9-12,14-15H2. The van der Waals surface area contributed by atoms with Crippen LogP contribution < -0.4 is 4.90 Å². The minimum Gasteiger partial charge on any atom is -0.375 e. The van der Waals surface area contributed by atoms with Gasteiger partial charge in [0.1, 0.15) is 0 Å². The second-order valence-corrected chi connectivity index (χ2v) is 11.9. The maximum absolute atomic E-state index is 14.0. The molecule has 1 aromatic rings. The summed E-state index contributed by atoms with van der Waals surface area (Å²) in [6.45, 7) is -0.750. The lowest BCUT2D eigenvalue weighted by molar-refractivity contribution is -0.146. The number of rotatable bonds is 6. The van der Waals surface area contributed by atoms with Crippen molar-refractivity contribution in [1.29, 1.82) is 0 Å². The summed E-state index contributed by atoms with van der Waals surface area (Å²) in [5, 5.41) is -0.938. The smallest absolute Gasteiger partial charge is 0.375 e. The van der Waals surface area contributed by atoms with Crippen LogP contribution in [0.1, 0.15) is 50.5 Å². The highest BCUT2D eigenvalue weighted by molar-refractivity contribution is 7.92. The first-order valence-corrected chi connectivity index (χ1v) is 13.5. The van der Waals surface area contributed by atoms with E-state index in [1.807, 2.05) is 0 Å². The van der Waals surface area contributed by atoms with E-state index in [0.717, 1.165) is 37.8 Å². The van der Waals surface area contributed by atoms with E-state index in [2.05, 4.69) is 0 Å². The van der Waals surface area contributed by atoms with Crippen molar-refractivity contribution in [2.45, 2.75) is 79.7 Å². The molecule has 12 heteroatoms. The van der Waals surface area contributed by atoms with Crippen molar-refractivity contribution in [1.82, 2.24) is 4.90 Å². The van der Waals surface area contributed by atoms with Gasteiger partial charge >= 0.3 is 12.4 Å². The van der Waals surface area contributed by atoms with Gasteiger partial charge in [-0.3, -0.25) is 4.90 Å². The molecular weight excluding hydrogens is 498 g/mol. The van der Waals surface area contributed by atoms with Crippen molar-refractivity contribution in [3.63, 3.8) is 0 Å². The molecule has 2 saturated carbocycles. The number of hydrogen-bond donors (Lipinski definition) is 0. The summed E-state index contributed by atoms with van der Waals surface area (Å²) in [6.07, 6.45) is -4.48. The summed E-state index contributed by atoms with van der Waals surface area (Å²) in [5.74, 6) is 0. The molecule has 198 valence electrons. The van der Waals surface area contributed by atoms with Crippen molar-refractivity contribution >= 4 is 15.5 Å². The molecule has 3 aliphatic rings. The lowest BCUT2D eigenvalue weighted by Gasteiger charge is -2.36. The number of benzene rings is 1. The minimum absolute atomic E-state index is 0.0470. The summed E-state index contributed by atoms with van der Waals surface area (Å²) >= 11 is 0. The molecule has 0 N–H and O–H groups in total. The van der Waals surface area contributed by atoms with Crippen LogP contribution in [0.15, 0.2) is 23.1 Å². The lowest BCUT2D eigenvalue weighted by Crippen LogP contribution is -2.49. The van der Waals surface area contributed by atoms with Gasteiger partial charge in [0.05, 0.1) is 34.5 Å². The Morgan fingerprint density at radius 1 is 0.886 bits per heavy atom. The minimum atomic E-state index is -4.89. The van der Waals surface area contributed by atoms with E-state index in [1.165, 1.54) is 11.0 Å². The van der Waals surface area contributed by atoms with Crippen LogP contribution in [0.5, 0.6) is 0 Å². The molecule has 0 bridgehead atoms. The van der Waals surface area contributed by atoms with E-state index in [0.29, 0.717) is 6.42 Å². The van der Waals surface area contributed by atoms with Gasteiger partial charge in [0.25, 0.3) is 0 Å². The zero-order valence-corrected chi connectivity index (χ0v) is 20.1. The number of piperazine rings is 1.